The van der Waals surface area contributed by atoms with E-state index >= 15 is 0 Å². The van der Waals surface area contributed by atoms with Gasteiger partial charge in [0.1, 0.15) is 0 Å². The third-order valence-electron chi connectivity index (χ3n) is 5.31. The number of ether oxygens (including phenoxy) is 1. The van der Waals surface area contributed by atoms with E-state index in [0.717, 1.165) is 24.3 Å². The van der Waals surface area contributed by atoms with Crippen LogP contribution in [0, 0.1) is 0 Å². The number of rotatable bonds is 8. The summed E-state index contributed by atoms with van der Waals surface area (Å²) in [6, 6.07) is 6.94. The molecule has 0 atom stereocenters. The first-order valence-electron chi connectivity index (χ1n) is 10.6. The molecule has 1 aromatic carbocycles. The van der Waals surface area contributed by atoms with Crippen LogP contribution in [0.4, 0.5) is 10.5 Å². The monoisotopic (exact) mass is 414 g/mol. The maximum atomic E-state index is 12.4. The van der Waals surface area contributed by atoms with E-state index in [1.54, 1.807) is 43.1 Å². The highest BCUT2D eigenvalue weighted by atomic mass is 16.5. The van der Waals surface area contributed by atoms with Crippen molar-refractivity contribution in [3.63, 3.8) is 0 Å². The van der Waals surface area contributed by atoms with Crippen LogP contribution < -0.4 is 5.32 Å². The standard InChI is InChI=1S/C22H30N4O4/c1-3-29-20(27)15-16-9-11-18(12-10-16)23-22(28)26(2)14-13-19-24-21(30-25-19)17-7-5-4-6-8-17/h9-12,17H,3-8,13-15H2,1-2H3,(H,23,28). The lowest BCUT2D eigenvalue weighted by Gasteiger charge is -2.17. The number of hydrogen-bond acceptors (Lipinski definition) is 6. The molecule has 0 radical (unpaired) electrons. The Morgan fingerprint density at radius 3 is 2.63 bits per heavy atom. The van der Waals surface area contributed by atoms with Crippen LogP contribution in [0.3, 0.4) is 0 Å². The first-order chi connectivity index (χ1) is 14.5. The van der Waals surface area contributed by atoms with Crippen molar-refractivity contribution in [1.29, 1.82) is 0 Å². The van der Waals surface area contributed by atoms with Gasteiger partial charge in [-0.3, -0.25) is 4.79 Å². The van der Waals surface area contributed by atoms with E-state index in [1.807, 2.05) is 0 Å². The summed E-state index contributed by atoms with van der Waals surface area (Å²) in [6.07, 6.45) is 6.70. The second kappa shape index (κ2) is 10.8. The highest BCUT2D eigenvalue weighted by Crippen LogP contribution is 2.31. The van der Waals surface area contributed by atoms with Gasteiger partial charge in [-0.2, -0.15) is 4.98 Å². The van der Waals surface area contributed by atoms with Gasteiger partial charge < -0.3 is 19.5 Å². The van der Waals surface area contributed by atoms with Crippen molar-refractivity contribution in [2.45, 2.75) is 57.8 Å². The summed E-state index contributed by atoms with van der Waals surface area (Å²) in [4.78, 5) is 30.0. The number of benzene rings is 1. The van der Waals surface area contributed by atoms with E-state index in [4.69, 9.17) is 9.26 Å². The number of likely N-dealkylation sites (N-methyl/N-ethyl adjacent to an activating group) is 1. The van der Waals surface area contributed by atoms with Crippen molar-refractivity contribution >= 4 is 17.7 Å². The topological polar surface area (TPSA) is 97.6 Å². The molecule has 1 saturated carbocycles. The zero-order chi connectivity index (χ0) is 21.3. The number of anilines is 1. The summed E-state index contributed by atoms with van der Waals surface area (Å²) in [6.45, 7) is 2.63. The maximum absolute atomic E-state index is 12.4. The molecule has 1 aromatic heterocycles. The molecule has 0 spiro atoms. The number of hydrogen-bond donors (Lipinski definition) is 1. The zero-order valence-corrected chi connectivity index (χ0v) is 17.7. The molecule has 30 heavy (non-hydrogen) atoms. The van der Waals surface area contributed by atoms with Crippen molar-refractivity contribution in [2.75, 3.05) is 25.5 Å². The Morgan fingerprint density at radius 1 is 1.20 bits per heavy atom. The third kappa shape index (κ3) is 6.30. The van der Waals surface area contributed by atoms with Gasteiger partial charge in [-0.1, -0.05) is 36.6 Å². The molecular weight excluding hydrogens is 384 g/mol. The Hall–Kier alpha value is -2.90. The van der Waals surface area contributed by atoms with Crippen LogP contribution in [0.15, 0.2) is 28.8 Å². The molecule has 1 heterocycles. The molecular formula is C22H30N4O4. The summed E-state index contributed by atoms with van der Waals surface area (Å²) in [5, 5.41) is 6.92. The number of amides is 2. The van der Waals surface area contributed by atoms with Gasteiger partial charge in [-0.05, 0) is 37.5 Å². The number of carbonyl (C=O) groups excluding carboxylic acids is 2. The Kier molecular flexibility index (Phi) is 7.82. The van der Waals surface area contributed by atoms with Gasteiger partial charge in [0.05, 0.1) is 13.0 Å². The fourth-order valence-electron chi connectivity index (χ4n) is 3.56. The Balaban J connectivity index is 1.44. The fraction of sp³-hybridized carbons (Fsp3) is 0.545. The Bertz CT molecular complexity index is 828. The molecule has 0 unspecified atom stereocenters. The fourth-order valence-corrected chi connectivity index (χ4v) is 3.56. The minimum atomic E-state index is -0.262. The van der Waals surface area contributed by atoms with Crippen LogP contribution >= 0.6 is 0 Å². The van der Waals surface area contributed by atoms with Crippen molar-refractivity contribution in [3.8, 4) is 0 Å². The Morgan fingerprint density at radius 2 is 1.93 bits per heavy atom. The third-order valence-corrected chi connectivity index (χ3v) is 5.31. The van der Waals surface area contributed by atoms with E-state index < -0.39 is 0 Å². The van der Waals surface area contributed by atoms with Crippen LogP contribution in [0.1, 0.15) is 62.2 Å². The van der Waals surface area contributed by atoms with E-state index in [-0.39, 0.29) is 18.4 Å². The molecule has 1 fully saturated rings. The quantitative estimate of drug-likeness (QED) is 0.657. The van der Waals surface area contributed by atoms with Gasteiger partial charge >= 0.3 is 12.0 Å². The molecule has 8 nitrogen and oxygen atoms in total. The summed E-state index contributed by atoms with van der Waals surface area (Å²) in [5.41, 5.74) is 1.50. The average Bonchev–Trinajstić information content (AvgIpc) is 3.23. The highest BCUT2D eigenvalue weighted by Gasteiger charge is 2.21. The van der Waals surface area contributed by atoms with E-state index in [2.05, 4.69) is 15.5 Å². The molecule has 0 saturated heterocycles. The molecule has 8 heteroatoms. The minimum absolute atomic E-state index is 0.218. The number of esters is 1. The van der Waals surface area contributed by atoms with Crippen LogP contribution in [0.25, 0.3) is 0 Å². The first-order valence-corrected chi connectivity index (χ1v) is 10.6. The number of urea groups is 1. The molecule has 2 amide bonds. The first kappa shape index (κ1) is 21.8. The van der Waals surface area contributed by atoms with E-state index in [9.17, 15) is 9.59 Å². The summed E-state index contributed by atoms with van der Waals surface area (Å²) < 4.78 is 10.4. The van der Waals surface area contributed by atoms with Gasteiger partial charge in [-0.25, -0.2) is 4.79 Å². The van der Waals surface area contributed by atoms with Gasteiger partial charge in [-0.15, -0.1) is 0 Å². The number of nitrogens with one attached hydrogen (secondary N) is 1. The number of nitrogens with zero attached hydrogens (tertiary/aromatic N) is 3. The van der Waals surface area contributed by atoms with Crippen molar-refractivity contribution in [2.24, 2.45) is 0 Å². The Labute approximate surface area is 177 Å². The van der Waals surface area contributed by atoms with Crippen LogP contribution in [0.2, 0.25) is 0 Å². The van der Waals surface area contributed by atoms with Gasteiger partial charge in [0.2, 0.25) is 5.89 Å². The van der Waals surface area contributed by atoms with Crippen molar-refractivity contribution in [3.05, 3.63) is 41.5 Å². The average molecular weight is 415 g/mol. The SMILES string of the molecule is CCOC(=O)Cc1ccc(NC(=O)N(C)CCc2noc(C3CCCCC3)n2)cc1. The minimum Gasteiger partial charge on any atom is -0.466 e. The molecule has 0 aliphatic heterocycles. The lowest BCUT2D eigenvalue weighted by molar-refractivity contribution is -0.142. The lowest BCUT2D eigenvalue weighted by Crippen LogP contribution is -2.33. The van der Waals surface area contributed by atoms with E-state index in [1.165, 1.54) is 19.3 Å². The zero-order valence-electron chi connectivity index (χ0n) is 17.7. The molecule has 1 aliphatic rings. The smallest absolute Gasteiger partial charge is 0.321 e. The predicted molar refractivity (Wildman–Crippen MR) is 112 cm³/mol. The highest BCUT2D eigenvalue weighted by molar-refractivity contribution is 5.89. The van der Waals surface area contributed by atoms with Crippen LogP contribution in [-0.4, -0.2) is 47.2 Å². The molecule has 1 N–H and O–H groups in total. The molecule has 1 aliphatic carbocycles. The predicted octanol–water partition coefficient (Wildman–Crippen LogP) is 3.93. The summed E-state index contributed by atoms with van der Waals surface area (Å²) >= 11 is 0. The number of aromatic nitrogens is 2. The molecule has 162 valence electrons. The van der Waals surface area contributed by atoms with E-state index in [0.29, 0.717) is 37.0 Å². The summed E-state index contributed by atoms with van der Waals surface area (Å²) in [5.74, 6) is 1.49. The second-order valence-corrected chi connectivity index (χ2v) is 7.66. The lowest BCUT2D eigenvalue weighted by atomic mass is 9.89. The second-order valence-electron chi connectivity index (χ2n) is 7.66. The van der Waals surface area contributed by atoms with Crippen LogP contribution in [0.5, 0.6) is 0 Å². The molecule has 2 aromatic rings. The largest absolute Gasteiger partial charge is 0.466 e. The number of carbonyl (C=O) groups is 2. The van der Waals surface area contributed by atoms with Gasteiger partial charge in [0.15, 0.2) is 5.82 Å². The van der Waals surface area contributed by atoms with Gasteiger partial charge in [0.25, 0.3) is 0 Å². The summed E-state index contributed by atoms with van der Waals surface area (Å²) in [7, 11) is 1.73. The van der Waals surface area contributed by atoms with Crippen molar-refractivity contribution in [1.82, 2.24) is 15.0 Å². The van der Waals surface area contributed by atoms with Gasteiger partial charge in [0, 0.05) is 31.6 Å². The van der Waals surface area contributed by atoms with Crippen LogP contribution in [-0.2, 0) is 22.4 Å². The van der Waals surface area contributed by atoms with Crippen molar-refractivity contribution < 1.29 is 18.8 Å². The maximum Gasteiger partial charge on any atom is 0.321 e. The normalized spacial score (nSPS) is 14.3. The molecule has 0 bridgehead atoms. The molecule has 3 rings (SSSR count).